The summed E-state index contributed by atoms with van der Waals surface area (Å²) in [4.78, 5) is 38.5. The third-order valence-electron chi connectivity index (χ3n) is 11.6. The van der Waals surface area contributed by atoms with Gasteiger partial charge in [-0.3, -0.25) is 28.7 Å². The Morgan fingerprint density at radius 3 is 1.36 bits per heavy atom. The van der Waals surface area contributed by atoms with E-state index in [4.69, 9.17) is 19.5 Å². The van der Waals surface area contributed by atoms with Gasteiger partial charge in [-0.05, 0) is 113 Å². The molecule has 0 bridgehead atoms. The van der Waals surface area contributed by atoms with E-state index in [2.05, 4.69) is 79.6 Å². The lowest BCUT2D eigenvalue weighted by Crippen LogP contribution is -2.25. The van der Waals surface area contributed by atoms with Crippen molar-refractivity contribution in [3.05, 3.63) is 130 Å². The molecule has 6 aromatic rings. The predicted octanol–water partition coefficient (Wildman–Crippen LogP) is 8.76. The largest absolute Gasteiger partial charge is 0.497 e. The van der Waals surface area contributed by atoms with Crippen LogP contribution in [0.3, 0.4) is 0 Å². The van der Waals surface area contributed by atoms with Gasteiger partial charge in [0.05, 0.1) is 49.9 Å². The number of aromatic nitrogens is 6. The van der Waals surface area contributed by atoms with Gasteiger partial charge < -0.3 is 20.1 Å². The van der Waals surface area contributed by atoms with Crippen LogP contribution < -0.4 is 20.1 Å². The summed E-state index contributed by atoms with van der Waals surface area (Å²) in [6.07, 6.45) is 4.94. The van der Waals surface area contributed by atoms with Gasteiger partial charge in [-0.25, -0.2) is 0 Å². The number of aliphatic imine (C=N–C) groups is 2. The van der Waals surface area contributed by atoms with E-state index in [9.17, 15) is 9.59 Å². The molecule has 0 saturated heterocycles. The molecule has 0 unspecified atom stereocenters. The Morgan fingerprint density at radius 1 is 0.576 bits per heavy atom. The maximum atomic E-state index is 12.9. The molecule has 2 aromatic heterocycles. The van der Waals surface area contributed by atoms with Crippen molar-refractivity contribution in [2.45, 2.75) is 88.1 Å². The number of benzene rings is 4. The topological polar surface area (TPSA) is 163 Å². The minimum Gasteiger partial charge on any atom is -0.497 e. The van der Waals surface area contributed by atoms with E-state index < -0.39 is 12.1 Å². The number of carbonyl (C=O) groups excluding carboxylic acids is 2. The highest BCUT2D eigenvalue weighted by atomic mass is 32.2. The summed E-state index contributed by atoms with van der Waals surface area (Å²) in [7, 11) is 3.32. The number of carbonyl (C=O) groups is 2. The number of aryl methyl sites for hydroxylation is 2. The summed E-state index contributed by atoms with van der Waals surface area (Å²) in [5.41, 5.74) is 7.12. The van der Waals surface area contributed by atoms with Crippen LogP contribution in [0, 0.1) is 13.8 Å². The van der Waals surface area contributed by atoms with Gasteiger partial charge in [0.25, 0.3) is 0 Å². The summed E-state index contributed by atoms with van der Waals surface area (Å²) in [6.45, 7) is 8.75. The minimum atomic E-state index is -0.507. The van der Waals surface area contributed by atoms with Crippen LogP contribution in [0.15, 0.2) is 105 Å². The number of hydrogen-bond acceptors (Lipinski definition) is 12. The van der Waals surface area contributed by atoms with E-state index in [1.807, 2.05) is 96.8 Å². The molecule has 4 aromatic carbocycles. The zero-order valence-electron chi connectivity index (χ0n) is 38.3. The summed E-state index contributed by atoms with van der Waals surface area (Å²) in [5, 5.41) is 23.6. The van der Waals surface area contributed by atoms with E-state index in [1.54, 1.807) is 14.2 Å². The highest BCUT2D eigenvalue weighted by Crippen LogP contribution is 2.37. The summed E-state index contributed by atoms with van der Waals surface area (Å²) < 4.78 is 15.3. The Balaban J connectivity index is 0.857. The number of fused-ring (bicyclic) bond motifs is 6. The number of nitrogens with one attached hydrogen (secondary N) is 2. The van der Waals surface area contributed by atoms with Crippen molar-refractivity contribution in [3.8, 4) is 22.9 Å². The van der Waals surface area contributed by atoms with Gasteiger partial charge in [-0.15, -0.1) is 43.9 Å². The SMILES string of the molecule is CCNC(=O)C[C@@H]1N=C(c2ccc(SCCCCCCSc3ccc(C4=N[C@@H](CC(=O)NCC)c5nnc(C)n5-c5ccc(OC)cc54)cc3)cc2)c2cc(OC)ccc2-n2c(C)nnc21. The average molecular weight is 925 g/mol. The molecule has 0 fully saturated rings. The number of ether oxygens (including phenoxy) is 2. The molecule has 2 amide bonds. The lowest BCUT2D eigenvalue weighted by molar-refractivity contribution is -0.122. The molecule has 2 N–H and O–H groups in total. The van der Waals surface area contributed by atoms with Crippen molar-refractivity contribution < 1.29 is 19.1 Å². The minimum absolute atomic E-state index is 0.0811. The van der Waals surface area contributed by atoms with Gasteiger partial charge in [-0.1, -0.05) is 37.1 Å². The number of unbranched alkanes of at least 4 members (excludes halogenated alkanes) is 3. The lowest BCUT2D eigenvalue weighted by Gasteiger charge is -2.14. The third-order valence-corrected chi connectivity index (χ3v) is 13.8. The van der Waals surface area contributed by atoms with Crippen molar-refractivity contribution in [2.75, 3.05) is 38.8 Å². The van der Waals surface area contributed by atoms with Gasteiger partial charge in [0.15, 0.2) is 11.6 Å². The van der Waals surface area contributed by atoms with Crippen LogP contribution in [-0.4, -0.2) is 91.6 Å². The van der Waals surface area contributed by atoms with Crippen LogP contribution in [-0.2, 0) is 9.59 Å². The fraction of sp³-hybridized carbons (Fsp3) is 0.360. The van der Waals surface area contributed by atoms with E-state index in [0.717, 1.165) is 92.5 Å². The van der Waals surface area contributed by atoms with Gasteiger partial charge >= 0.3 is 0 Å². The first-order valence-corrected chi connectivity index (χ1v) is 24.5. The highest BCUT2D eigenvalue weighted by Gasteiger charge is 2.32. The van der Waals surface area contributed by atoms with Gasteiger partial charge in [0.1, 0.15) is 35.2 Å². The van der Waals surface area contributed by atoms with Gasteiger partial charge in [0, 0.05) is 45.1 Å². The molecule has 0 saturated carbocycles. The molecule has 2 aliphatic heterocycles. The van der Waals surface area contributed by atoms with Gasteiger partial charge in [-0.2, -0.15) is 0 Å². The van der Waals surface area contributed by atoms with Crippen molar-refractivity contribution >= 4 is 46.8 Å². The Kier molecular flexibility index (Phi) is 15.0. The molecular formula is C50H56N10O4S2. The molecule has 4 heterocycles. The van der Waals surface area contributed by atoms with Crippen LogP contribution in [0.5, 0.6) is 11.5 Å². The van der Waals surface area contributed by atoms with Crippen LogP contribution in [0.2, 0.25) is 0 Å². The van der Waals surface area contributed by atoms with Crippen molar-refractivity contribution in [2.24, 2.45) is 9.98 Å². The first-order valence-electron chi connectivity index (χ1n) is 22.6. The molecule has 0 radical (unpaired) electrons. The molecule has 66 heavy (non-hydrogen) atoms. The smallest absolute Gasteiger partial charge is 0.222 e. The summed E-state index contributed by atoms with van der Waals surface area (Å²) in [5.74, 6) is 6.11. The molecule has 342 valence electrons. The second kappa shape index (κ2) is 21.4. The second-order valence-electron chi connectivity index (χ2n) is 16.1. The highest BCUT2D eigenvalue weighted by molar-refractivity contribution is 7.99. The number of thioether (sulfide) groups is 2. The van der Waals surface area contributed by atoms with Crippen molar-refractivity contribution in [1.82, 2.24) is 40.2 Å². The number of amides is 2. The Hall–Kier alpha value is -6.26. The van der Waals surface area contributed by atoms with Crippen LogP contribution in [0.4, 0.5) is 0 Å². The number of rotatable bonds is 19. The van der Waals surface area contributed by atoms with E-state index >= 15 is 0 Å². The van der Waals surface area contributed by atoms with Crippen LogP contribution >= 0.6 is 23.5 Å². The normalized spacial score (nSPS) is 14.9. The Morgan fingerprint density at radius 2 is 0.985 bits per heavy atom. The zero-order valence-corrected chi connectivity index (χ0v) is 40.0. The summed E-state index contributed by atoms with van der Waals surface area (Å²) in [6, 6.07) is 28.0. The van der Waals surface area contributed by atoms with E-state index in [-0.39, 0.29) is 24.7 Å². The van der Waals surface area contributed by atoms with Gasteiger partial charge in [0.2, 0.25) is 11.8 Å². The molecule has 2 aliphatic rings. The Labute approximate surface area is 394 Å². The molecular weight excluding hydrogens is 869 g/mol. The predicted molar refractivity (Wildman–Crippen MR) is 261 cm³/mol. The first-order chi connectivity index (χ1) is 32.2. The monoisotopic (exact) mass is 924 g/mol. The fourth-order valence-corrected chi connectivity index (χ4v) is 10.2. The number of methoxy groups -OCH3 is 2. The lowest BCUT2D eigenvalue weighted by atomic mass is 10.00. The number of nitrogens with zero attached hydrogens (tertiary/aromatic N) is 8. The van der Waals surface area contributed by atoms with Crippen molar-refractivity contribution in [3.63, 3.8) is 0 Å². The third kappa shape index (κ3) is 10.2. The first kappa shape index (κ1) is 46.3. The van der Waals surface area contributed by atoms with E-state index in [0.29, 0.717) is 24.7 Å². The maximum Gasteiger partial charge on any atom is 0.222 e. The molecule has 14 nitrogen and oxygen atoms in total. The molecule has 0 aliphatic carbocycles. The van der Waals surface area contributed by atoms with Crippen molar-refractivity contribution in [1.29, 1.82) is 0 Å². The fourth-order valence-electron chi connectivity index (χ4n) is 8.38. The second-order valence-corrected chi connectivity index (χ2v) is 18.4. The maximum absolute atomic E-state index is 12.9. The molecule has 2 atom stereocenters. The number of hydrogen-bond donors (Lipinski definition) is 2. The van der Waals surface area contributed by atoms with Crippen LogP contribution in [0.25, 0.3) is 11.4 Å². The average Bonchev–Trinajstić information content (AvgIpc) is 3.83. The quantitative estimate of drug-likeness (QED) is 0.0593. The Bertz CT molecular complexity index is 2560. The zero-order chi connectivity index (χ0) is 46.2. The standard InChI is InChI=1S/C50H56N10O4S2/c1-7-51-45(61)29-41-49-57-55-31(3)59(49)43-23-17-35(63-5)27-39(43)47(53-41)33-13-19-37(20-14-33)65-25-11-9-10-12-26-66-38-21-15-34(16-22-38)48-40-28-36(64-6)18-24-44(40)60-32(4)56-58-50(60)42(54-48)30-46(62)52-8-2/h13-24,27-28,41-42H,7-12,25-26,29-30H2,1-6H3,(H,51,61)(H,52,62)/t41-,42-/m0/s1. The van der Waals surface area contributed by atoms with E-state index in [1.165, 1.54) is 22.6 Å². The molecule has 8 rings (SSSR count). The molecule has 0 spiro atoms. The van der Waals surface area contributed by atoms with Crippen LogP contribution in [0.1, 0.15) is 110 Å². The molecule has 16 heteroatoms. The summed E-state index contributed by atoms with van der Waals surface area (Å²) >= 11 is 3.74.